The molecule has 1 atom stereocenters. The van der Waals surface area contributed by atoms with E-state index in [9.17, 15) is 9.18 Å². The number of hydrogen-bond donors (Lipinski definition) is 0. The van der Waals surface area contributed by atoms with Crippen LogP contribution in [0.15, 0.2) is 18.2 Å². The summed E-state index contributed by atoms with van der Waals surface area (Å²) in [6, 6.07) is 4.95. The minimum absolute atomic E-state index is 0.270. The lowest BCUT2D eigenvalue weighted by molar-refractivity contribution is -0.149. The maximum Gasteiger partial charge on any atom is 0.306 e. The Bertz CT molecular complexity index is 532. The highest BCUT2D eigenvalue weighted by Gasteiger charge is 2.23. The Hall–Kier alpha value is -1.66. The highest BCUT2D eigenvalue weighted by atomic mass is 19.1. The molecular weight excluding hydrogens is 313 g/mol. The van der Waals surface area contributed by atoms with E-state index in [1.165, 1.54) is 6.07 Å². The lowest BCUT2D eigenvalue weighted by Gasteiger charge is -2.31. The lowest BCUT2D eigenvalue weighted by Crippen LogP contribution is -2.37. The van der Waals surface area contributed by atoms with Crippen molar-refractivity contribution >= 4 is 11.7 Å². The third-order valence-electron chi connectivity index (χ3n) is 3.97. The number of nitrogens with zero attached hydrogens (tertiary/aromatic N) is 1. The molecule has 0 bridgehead atoms. The van der Waals surface area contributed by atoms with Crippen LogP contribution in [0.4, 0.5) is 10.1 Å². The average Bonchev–Trinajstić information content (AvgIpc) is 2.59. The van der Waals surface area contributed by atoms with Gasteiger partial charge in [0.1, 0.15) is 11.9 Å². The van der Waals surface area contributed by atoms with Crippen LogP contribution in [0.1, 0.15) is 38.4 Å². The summed E-state index contributed by atoms with van der Waals surface area (Å²) in [6.07, 6.45) is 0.238. The molecule has 0 amide bonds. The Morgan fingerprint density at radius 2 is 2.12 bits per heavy atom. The second kappa shape index (κ2) is 9.59. The number of halogens is 1. The van der Waals surface area contributed by atoms with E-state index in [1.54, 1.807) is 13.0 Å². The SMILES string of the molecule is CCOCCCC(=O)OC(C)c1c(F)cccc1N1CCOCC1. The number of hydrogen-bond acceptors (Lipinski definition) is 5. The van der Waals surface area contributed by atoms with E-state index in [0.29, 0.717) is 51.5 Å². The number of anilines is 1. The van der Waals surface area contributed by atoms with Gasteiger partial charge in [0.15, 0.2) is 0 Å². The number of morpholine rings is 1. The Kier molecular flexibility index (Phi) is 7.46. The fourth-order valence-corrected chi connectivity index (χ4v) is 2.79. The fraction of sp³-hybridized carbons (Fsp3) is 0.611. The van der Waals surface area contributed by atoms with Gasteiger partial charge in [-0.05, 0) is 32.4 Å². The van der Waals surface area contributed by atoms with Crippen LogP contribution >= 0.6 is 0 Å². The van der Waals surface area contributed by atoms with Crippen molar-refractivity contribution in [1.82, 2.24) is 0 Å². The Morgan fingerprint density at radius 1 is 1.38 bits per heavy atom. The molecule has 0 radical (unpaired) electrons. The minimum atomic E-state index is -0.636. The van der Waals surface area contributed by atoms with Crippen LogP contribution in [0.2, 0.25) is 0 Å². The molecule has 0 aliphatic carbocycles. The predicted molar refractivity (Wildman–Crippen MR) is 89.7 cm³/mol. The van der Waals surface area contributed by atoms with Crippen LogP contribution in [-0.2, 0) is 19.0 Å². The van der Waals surface area contributed by atoms with Crippen molar-refractivity contribution in [3.63, 3.8) is 0 Å². The molecule has 1 fully saturated rings. The van der Waals surface area contributed by atoms with Gasteiger partial charge in [0.2, 0.25) is 0 Å². The van der Waals surface area contributed by atoms with Gasteiger partial charge in [-0.1, -0.05) is 6.07 Å². The first-order chi connectivity index (χ1) is 11.6. The van der Waals surface area contributed by atoms with Crippen LogP contribution in [0.25, 0.3) is 0 Å². The molecule has 1 aliphatic rings. The molecule has 1 aromatic rings. The van der Waals surface area contributed by atoms with E-state index < -0.39 is 6.10 Å². The summed E-state index contributed by atoms with van der Waals surface area (Å²) in [5.74, 6) is -0.688. The normalized spacial score (nSPS) is 16.0. The topological polar surface area (TPSA) is 48.0 Å². The van der Waals surface area contributed by atoms with Gasteiger partial charge in [-0.3, -0.25) is 4.79 Å². The largest absolute Gasteiger partial charge is 0.458 e. The Morgan fingerprint density at radius 3 is 2.83 bits per heavy atom. The van der Waals surface area contributed by atoms with Gasteiger partial charge in [0.05, 0.1) is 18.8 Å². The van der Waals surface area contributed by atoms with Gasteiger partial charge in [-0.15, -0.1) is 0 Å². The van der Waals surface area contributed by atoms with Crippen molar-refractivity contribution < 1.29 is 23.4 Å². The third-order valence-corrected chi connectivity index (χ3v) is 3.97. The van der Waals surface area contributed by atoms with Crippen molar-refractivity contribution in [3.8, 4) is 0 Å². The molecule has 134 valence electrons. The lowest BCUT2D eigenvalue weighted by atomic mass is 10.1. The first-order valence-corrected chi connectivity index (χ1v) is 8.51. The van der Waals surface area contributed by atoms with Crippen LogP contribution in [0.3, 0.4) is 0 Å². The van der Waals surface area contributed by atoms with E-state index in [2.05, 4.69) is 4.90 Å². The van der Waals surface area contributed by atoms with E-state index in [1.807, 2.05) is 13.0 Å². The third kappa shape index (κ3) is 5.18. The standard InChI is InChI=1S/C18H26FNO4/c1-3-22-11-5-8-17(21)24-14(2)18-15(19)6-4-7-16(18)20-9-12-23-13-10-20/h4,6-7,14H,3,5,8-13H2,1-2H3. The van der Waals surface area contributed by atoms with E-state index in [0.717, 1.165) is 5.69 Å². The summed E-state index contributed by atoms with van der Waals surface area (Å²) in [6.45, 7) is 7.40. The molecule has 1 aliphatic heterocycles. The van der Waals surface area contributed by atoms with E-state index in [-0.39, 0.29) is 18.2 Å². The fourth-order valence-electron chi connectivity index (χ4n) is 2.79. The number of esters is 1. The molecule has 1 saturated heterocycles. The molecule has 2 rings (SSSR count). The molecule has 1 unspecified atom stereocenters. The number of ether oxygens (including phenoxy) is 3. The van der Waals surface area contributed by atoms with Crippen LogP contribution in [-0.4, -0.2) is 45.5 Å². The maximum atomic E-state index is 14.4. The van der Waals surface area contributed by atoms with Crippen molar-refractivity contribution in [2.24, 2.45) is 0 Å². The molecule has 0 saturated carbocycles. The molecule has 6 heteroatoms. The minimum Gasteiger partial charge on any atom is -0.458 e. The Labute approximate surface area is 142 Å². The maximum absolute atomic E-state index is 14.4. The summed E-state index contributed by atoms with van der Waals surface area (Å²) in [4.78, 5) is 14.0. The van der Waals surface area contributed by atoms with Gasteiger partial charge in [0, 0.05) is 38.4 Å². The van der Waals surface area contributed by atoms with Crippen molar-refractivity contribution in [2.45, 2.75) is 32.8 Å². The predicted octanol–water partition coefficient (Wildman–Crippen LogP) is 3.08. The Balaban J connectivity index is 2.02. The average molecular weight is 339 g/mol. The smallest absolute Gasteiger partial charge is 0.306 e. The molecule has 24 heavy (non-hydrogen) atoms. The molecule has 1 heterocycles. The van der Waals surface area contributed by atoms with Gasteiger partial charge in [0.25, 0.3) is 0 Å². The zero-order valence-electron chi connectivity index (χ0n) is 14.4. The summed E-state index contributed by atoms with van der Waals surface area (Å²) >= 11 is 0. The summed E-state index contributed by atoms with van der Waals surface area (Å²) in [5.41, 5.74) is 1.20. The molecule has 0 N–H and O–H groups in total. The number of carbonyl (C=O) groups is 1. The van der Waals surface area contributed by atoms with Gasteiger partial charge in [-0.2, -0.15) is 0 Å². The number of benzene rings is 1. The van der Waals surface area contributed by atoms with Crippen LogP contribution in [0.5, 0.6) is 0 Å². The molecule has 0 spiro atoms. The molecule has 5 nitrogen and oxygen atoms in total. The second-order valence-electron chi connectivity index (χ2n) is 5.70. The van der Waals surface area contributed by atoms with Gasteiger partial charge < -0.3 is 19.1 Å². The molecule has 0 aromatic heterocycles. The highest BCUT2D eigenvalue weighted by Crippen LogP contribution is 2.31. The van der Waals surface area contributed by atoms with Crippen LogP contribution < -0.4 is 4.90 Å². The van der Waals surface area contributed by atoms with E-state index in [4.69, 9.17) is 14.2 Å². The zero-order chi connectivity index (χ0) is 17.4. The van der Waals surface area contributed by atoms with Gasteiger partial charge in [-0.25, -0.2) is 4.39 Å². The monoisotopic (exact) mass is 339 g/mol. The van der Waals surface area contributed by atoms with Crippen molar-refractivity contribution in [3.05, 3.63) is 29.6 Å². The zero-order valence-corrected chi connectivity index (χ0v) is 14.4. The first-order valence-electron chi connectivity index (χ1n) is 8.51. The summed E-state index contributed by atoms with van der Waals surface area (Å²) in [7, 11) is 0. The molecule has 1 aromatic carbocycles. The van der Waals surface area contributed by atoms with Gasteiger partial charge >= 0.3 is 5.97 Å². The first kappa shape index (κ1) is 18.7. The van der Waals surface area contributed by atoms with Crippen LogP contribution in [0, 0.1) is 5.82 Å². The summed E-state index contributed by atoms with van der Waals surface area (Å²) < 4.78 is 30.4. The summed E-state index contributed by atoms with van der Waals surface area (Å²) in [5, 5.41) is 0. The highest BCUT2D eigenvalue weighted by molar-refractivity contribution is 5.70. The molecular formula is C18H26FNO4. The number of carbonyl (C=O) groups excluding carboxylic acids is 1. The van der Waals surface area contributed by atoms with E-state index >= 15 is 0 Å². The second-order valence-corrected chi connectivity index (χ2v) is 5.70. The van der Waals surface area contributed by atoms with Crippen molar-refractivity contribution in [1.29, 1.82) is 0 Å². The quantitative estimate of drug-likeness (QED) is 0.538. The van der Waals surface area contributed by atoms with Crippen molar-refractivity contribution in [2.75, 3.05) is 44.4 Å². The number of rotatable bonds is 8.